The number of phenols is 2. The van der Waals surface area contributed by atoms with Crippen LogP contribution in [0.15, 0.2) is 107 Å². The number of rotatable bonds is 9. The Balaban J connectivity index is 1.40. The maximum absolute atomic E-state index is 12.9. The largest absolute Gasteiger partial charge is 0.508 e. The van der Waals surface area contributed by atoms with Gasteiger partial charge >= 0.3 is 0 Å². The van der Waals surface area contributed by atoms with Crippen LogP contribution in [0.25, 0.3) is 0 Å². The van der Waals surface area contributed by atoms with E-state index < -0.39 is 0 Å². The molecule has 0 aliphatic heterocycles. The second kappa shape index (κ2) is 12.2. The van der Waals surface area contributed by atoms with Crippen molar-refractivity contribution in [2.24, 2.45) is 0 Å². The Morgan fingerprint density at radius 2 is 0.917 bits per heavy atom. The number of amides is 2. The molecule has 2 amide bonds. The normalized spacial score (nSPS) is 10.6. The van der Waals surface area contributed by atoms with Gasteiger partial charge in [0, 0.05) is 22.9 Å². The summed E-state index contributed by atoms with van der Waals surface area (Å²) in [4.78, 5) is 27.3. The molecule has 0 aliphatic carbocycles. The number of benzene rings is 4. The van der Waals surface area contributed by atoms with Gasteiger partial charge in [-0.25, -0.2) is 0 Å². The van der Waals surface area contributed by atoms with E-state index in [1.807, 2.05) is 36.4 Å². The van der Waals surface area contributed by atoms with Gasteiger partial charge in [-0.3, -0.25) is 9.59 Å². The van der Waals surface area contributed by atoms with Crippen LogP contribution >= 0.6 is 21.6 Å². The van der Waals surface area contributed by atoms with E-state index in [-0.39, 0.29) is 23.3 Å². The molecule has 0 spiro atoms. The van der Waals surface area contributed by atoms with Crippen molar-refractivity contribution < 1.29 is 19.8 Å². The molecule has 0 bridgehead atoms. The van der Waals surface area contributed by atoms with Gasteiger partial charge in [-0.15, -0.1) is 0 Å². The standard InChI is InChI=1S/C28H24N2O4S2/c31-21-13-9-19(10-14-21)17-29-27(33)23-5-1-3-7-25(23)35-36-26-8-4-2-6-24(26)28(34)30-18-20-11-15-22(32)16-12-20/h1-16,31-32H,17-18H2,(H,29,33)(H,30,34). The monoisotopic (exact) mass is 516 g/mol. The highest BCUT2D eigenvalue weighted by molar-refractivity contribution is 8.76. The molecule has 0 unspecified atom stereocenters. The van der Waals surface area contributed by atoms with Gasteiger partial charge in [0.05, 0.1) is 11.1 Å². The summed E-state index contributed by atoms with van der Waals surface area (Å²) in [6.45, 7) is 0.685. The van der Waals surface area contributed by atoms with Crippen LogP contribution in [0, 0.1) is 0 Å². The van der Waals surface area contributed by atoms with Crippen molar-refractivity contribution in [3.8, 4) is 11.5 Å². The number of carbonyl (C=O) groups is 2. The number of hydrogen-bond donors (Lipinski definition) is 4. The Morgan fingerprint density at radius 3 is 1.31 bits per heavy atom. The van der Waals surface area contributed by atoms with E-state index in [2.05, 4.69) is 10.6 Å². The molecule has 182 valence electrons. The first kappa shape index (κ1) is 25.2. The molecular weight excluding hydrogens is 492 g/mol. The van der Waals surface area contributed by atoms with Crippen LogP contribution in [0.4, 0.5) is 0 Å². The van der Waals surface area contributed by atoms with E-state index in [1.165, 1.54) is 21.6 Å². The van der Waals surface area contributed by atoms with Gasteiger partial charge in [0.15, 0.2) is 0 Å². The van der Waals surface area contributed by atoms with Gasteiger partial charge in [0.2, 0.25) is 0 Å². The van der Waals surface area contributed by atoms with Crippen molar-refractivity contribution >= 4 is 33.4 Å². The Kier molecular flexibility index (Phi) is 8.54. The SMILES string of the molecule is O=C(NCc1ccc(O)cc1)c1ccccc1SSc1ccccc1C(=O)NCc1ccc(O)cc1. The Bertz CT molecular complexity index is 1240. The summed E-state index contributed by atoms with van der Waals surface area (Å²) in [5, 5.41) is 24.7. The third kappa shape index (κ3) is 6.84. The lowest BCUT2D eigenvalue weighted by Gasteiger charge is -2.12. The fourth-order valence-corrected chi connectivity index (χ4v) is 5.69. The van der Waals surface area contributed by atoms with Crippen molar-refractivity contribution in [3.63, 3.8) is 0 Å². The predicted octanol–water partition coefficient (Wildman–Crippen LogP) is 5.76. The highest BCUT2D eigenvalue weighted by Crippen LogP contribution is 2.40. The second-order valence-electron chi connectivity index (χ2n) is 7.86. The van der Waals surface area contributed by atoms with Crippen molar-refractivity contribution in [2.75, 3.05) is 0 Å². The van der Waals surface area contributed by atoms with E-state index in [1.54, 1.807) is 60.7 Å². The molecule has 0 atom stereocenters. The summed E-state index contributed by atoms with van der Waals surface area (Å²) in [7, 11) is 2.83. The lowest BCUT2D eigenvalue weighted by molar-refractivity contribution is 0.0940. The average Bonchev–Trinajstić information content (AvgIpc) is 2.91. The van der Waals surface area contributed by atoms with Gasteiger partial charge in [-0.2, -0.15) is 0 Å². The van der Waals surface area contributed by atoms with Crippen LogP contribution in [0.3, 0.4) is 0 Å². The van der Waals surface area contributed by atoms with Crippen LogP contribution < -0.4 is 10.6 Å². The maximum atomic E-state index is 12.9. The van der Waals surface area contributed by atoms with Crippen LogP contribution in [-0.4, -0.2) is 22.0 Å². The van der Waals surface area contributed by atoms with Crippen molar-refractivity contribution in [1.82, 2.24) is 10.6 Å². The summed E-state index contributed by atoms with van der Waals surface area (Å²) in [5.41, 5.74) is 2.85. The minimum Gasteiger partial charge on any atom is -0.508 e. The van der Waals surface area contributed by atoms with E-state index in [4.69, 9.17) is 0 Å². The molecule has 0 saturated carbocycles. The van der Waals surface area contributed by atoms with Crippen LogP contribution in [0.5, 0.6) is 11.5 Å². The van der Waals surface area contributed by atoms with Gasteiger partial charge in [-0.1, -0.05) is 70.1 Å². The van der Waals surface area contributed by atoms with E-state index >= 15 is 0 Å². The molecule has 36 heavy (non-hydrogen) atoms. The van der Waals surface area contributed by atoms with Crippen LogP contribution in [0.1, 0.15) is 31.8 Å². The molecule has 0 saturated heterocycles. The highest BCUT2D eigenvalue weighted by atomic mass is 33.1. The Morgan fingerprint density at radius 1 is 0.556 bits per heavy atom. The zero-order valence-electron chi connectivity index (χ0n) is 19.2. The average molecular weight is 517 g/mol. The molecule has 8 heteroatoms. The molecular formula is C28H24N2O4S2. The van der Waals surface area contributed by atoms with Crippen molar-refractivity contribution in [1.29, 1.82) is 0 Å². The third-order valence-electron chi connectivity index (χ3n) is 5.26. The van der Waals surface area contributed by atoms with E-state index in [0.717, 1.165) is 20.9 Å². The summed E-state index contributed by atoms with van der Waals surface area (Å²) < 4.78 is 0. The summed E-state index contributed by atoms with van der Waals surface area (Å²) >= 11 is 0. The number of aromatic hydroxyl groups is 2. The summed E-state index contributed by atoms with van der Waals surface area (Å²) in [6, 6.07) is 28.0. The van der Waals surface area contributed by atoms with E-state index in [0.29, 0.717) is 24.2 Å². The fourth-order valence-electron chi connectivity index (χ4n) is 3.33. The van der Waals surface area contributed by atoms with Gasteiger partial charge in [0.1, 0.15) is 11.5 Å². The molecule has 0 fully saturated rings. The van der Waals surface area contributed by atoms with Crippen molar-refractivity contribution in [3.05, 3.63) is 119 Å². The molecule has 4 aromatic rings. The maximum Gasteiger partial charge on any atom is 0.252 e. The molecule has 0 aliphatic rings. The second-order valence-corrected chi connectivity index (χ2v) is 10.1. The van der Waals surface area contributed by atoms with Gasteiger partial charge < -0.3 is 20.8 Å². The van der Waals surface area contributed by atoms with Crippen LogP contribution in [0.2, 0.25) is 0 Å². The highest BCUT2D eigenvalue weighted by Gasteiger charge is 2.15. The number of nitrogens with one attached hydrogen (secondary N) is 2. The predicted molar refractivity (Wildman–Crippen MR) is 143 cm³/mol. The molecule has 6 nitrogen and oxygen atoms in total. The molecule has 4 aromatic carbocycles. The lowest BCUT2D eigenvalue weighted by Crippen LogP contribution is -2.23. The quantitative estimate of drug-likeness (QED) is 0.211. The zero-order valence-corrected chi connectivity index (χ0v) is 20.8. The van der Waals surface area contributed by atoms with E-state index in [9.17, 15) is 19.8 Å². The number of hydrogen-bond acceptors (Lipinski definition) is 6. The summed E-state index contributed by atoms with van der Waals surface area (Å²) in [6.07, 6.45) is 0. The number of phenolic OH excluding ortho intramolecular Hbond substituents is 2. The Hall–Kier alpha value is -3.88. The molecule has 4 rings (SSSR count). The van der Waals surface area contributed by atoms with Crippen molar-refractivity contribution in [2.45, 2.75) is 22.9 Å². The molecule has 0 heterocycles. The topological polar surface area (TPSA) is 98.7 Å². The number of carbonyl (C=O) groups excluding carboxylic acids is 2. The lowest BCUT2D eigenvalue weighted by atomic mass is 10.2. The fraction of sp³-hybridized carbons (Fsp3) is 0.0714. The Labute approximate surface area is 217 Å². The van der Waals surface area contributed by atoms with Gasteiger partial charge in [-0.05, 0) is 59.7 Å². The molecule has 0 aromatic heterocycles. The molecule has 0 radical (unpaired) electrons. The van der Waals surface area contributed by atoms with Gasteiger partial charge in [0.25, 0.3) is 11.8 Å². The first-order valence-corrected chi connectivity index (χ1v) is 13.3. The first-order chi connectivity index (χ1) is 17.5. The minimum atomic E-state index is -0.202. The first-order valence-electron chi connectivity index (χ1n) is 11.1. The minimum absolute atomic E-state index is 0.179. The summed E-state index contributed by atoms with van der Waals surface area (Å²) in [5.74, 6) is -0.0465. The zero-order chi connectivity index (χ0) is 25.3. The van der Waals surface area contributed by atoms with Crippen LogP contribution in [-0.2, 0) is 13.1 Å². The third-order valence-corrected chi connectivity index (χ3v) is 7.75. The smallest absolute Gasteiger partial charge is 0.252 e. The molecule has 4 N–H and O–H groups in total.